The lowest BCUT2D eigenvalue weighted by Gasteiger charge is -2.30. The first kappa shape index (κ1) is 31.8. The molecule has 1 aliphatic heterocycles. The van der Waals surface area contributed by atoms with Gasteiger partial charge < -0.3 is 23.3 Å². The first-order valence-electron chi connectivity index (χ1n) is 12.4. The van der Waals surface area contributed by atoms with E-state index in [0.717, 1.165) is 21.5 Å². The molecule has 14 heteroatoms. The van der Waals surface area contributed by atoms with Crippen LogP contribution in [0.3, 0.4) is 0 Å². The number of ether oxygens (including phenoxy) is 2. The minimum absolute atomic E-state index is 0.0554. The predicted molar refractivity (Wildman–Crippen MR) is 148 cm³/mol. The molecular weight excluding hydrogens is 571 g/mol. The number of H-pyrrole nitrogens is 1. The molecule has 4 rings (SSSR count). The van der Waals surface area contributed by atoms with E-state index in [1.54, 1.807) is 19.2 Å². The Morgan fingerprint density at radius 3 is 2.62 bits per heavy atom. The number of aromatic nitrogens is 2. The Bertz CT molecular complexity index is 1380. The van der Waals surface area contributed by atoms with E-state index in [4.69, 9.17) is 30.1 Å². The molecule has 3 unspecified atom stereocenters. The number of benzene rings is 2. The number of rotatable bonds is 11. The van der Waals surface area contributed by atoms with Gasteiger partial charge in [0.1, 0.15) is 23.3 Å². The standard InChI is InChI=1S/C22H21ClF2N3O6P.C4H10O/c23-16-12-28(21(31)27-19(16)30)18-8-9-22(33-18,20(24)25)13-32-35(26-10-11-29)34-17-7-3-5-14-4-1-2-6-15(14)17;1-4(2)5-3/h1-7,11-12,18,20,26H,8-10,13H2,(H,27,30,31);4H,1-3H3. The Balaban J connectivity index is 0.000000810. The van der Waals surface area contributed by atoms with Gasteiger partial charge in [0.15, 0.2) is 5.60 Å². The molecule has 3 atom stereocenters. The lowest BCUT2D eigenvalue weighted by molar-refractivity contribution is -0.165. The van der Waals surface area contributed by atoms with E-state index in [-0.39, 0.29) is 24.4 Å². The topological polar surface area (TPSA) is 121 Å². The molecule has 0 aliphatic carbocycles. The molecule has 0 amide bonds. The van der Waals surface area contributed by atoms with Crippen LogP contribution in [0.15, 0.2) is 58.3 Å². The van der Waals surface area contributed by atoms with Gasteiger partial charge in [-0.05, 0) is 38.1 Å². The number of nitrogens with zero attached hydrogens (tertiary/aromatic N) is 1. The number of aromatic amines is 1. The molecule has 2 heterocycles. The van der Waals surface area contributed by atoms with Crippen LogP contribution >= 0.6 is 20.1 Å². The van der Waals surface area contributed by atoms with Gasteiger partial charge in [0.2, 0.25) is 0 Å². The van der Waals surface area contributed by atoms with Crippen LogP contribution in [-0.4, -0.2) is 54.2 Å². The lowest BCUT2D eigenvalue weighted by Crippen LogP contribution is -2.43. The number of aldehydes is 1. The number of nitrogens with one attached hydrogen (secondary N) is 2. The smallest absolute Gasteiger partial charge is 0.330 e. The van der Waals surface area contributed by atoms with E-state index in [1.165, 1.54) is 0 Å². The highest BCUT2D eigenvalue weighted by atomic mass is 35.5. The Labute approximate surface area is 235 Å². The van der Waals surface area contributed by atoms with E-state index in [9.17, 15) is 23.2 Å². The van der Waals surface area contributed by atoms with Gasteiger partial charge in [0.05, 0.1) is 19.3 Å². The van der Waals surface area contributed by atoms with Crippen molar-refractivity contribution >= 4 is 37.2 Å². The largest absolute Gasteiger partial charge is 0.435 e. The molecule has 0 spiro atoms. The number of hydrogen-bond donors (Lipinski definition) is 2. The number of methoxy groups -OCH3 is 1. The number of alkyl halides is 2. The van der Waals surface area contributed by atoms with Gasteiger partial charge in [-0.2, -0.15) is 0 Å². The summed E-state index contributed by atoms with van der Waals surface area (Å²) in [4.78, 5) is 36.6. The summed E-state index contributed by atoms with van der Waals surface area (Å²) in [6.07, 6.45) is -2.08. The minimum Gasteiger partial charge on any atom is -0.435 e. The molecule has 1 aromatic heterocycles. The fourth-order valence-corrected chi connectivity index (χ4v) is 4.96. The van der Waals surface area contributed by atoms with E-state index >= 15 is 0 Å². The van der Waals surface area contributed by atoms with E-state index in [2.05, 4.69) is 5.09 Å². The second kappa shape index (κ2) is 14.8. The van der Waals surface area contributed by atoms with Crippen molar-refractivity contribution in [2.45, 2.75) is 51.0 Å². The van der Waals surface area contributed by atoms with Crippen LogP contribution in [0.4, 0.5) is 8.78 Å². The van der Waals surface area contributed by atoms with Crippen LogP contribution in [0.1, 0.15) is 32.9 Å². The molecule has 0 bridgehead atoms. The molecule has 3 aromatic rings. The maximum atomic E-state index is 14.2. The third-order valence-electron chi connectivity index (χ3n) is 5.95. The average molecular weight is 602 g/mol. The summed E-state index contributed by atoms with van der Waals surface area (Å²) in [5.41, 5.74) is -3.66. The van der Waals surface area contributed by atoms with Crippen molar-refractivity contribution in [3.63, 3.8) is 0 Å². The van der Waals surface area contributed by atoms with Gasteiger partial charge in [-0.15, -0.1) is 0 Å². The van der Waals surface area contributed by atoms with E-state index in [1.807, 2.05) is 49.2 Å². The molecule has 1 saturated heterocycles. The maximum absolute atomic E-state index is 14.2. The predicted octanol–water partition coefficient (Wildman–Crippen LogP) is 4.81. The molecule has 1 aliphatic rings. The van der Waals surface area contributed by atoms with Crippen LogP contribution in [-0.2, 0) is 18.8 Å². The maximum Gasteiger partial charge on any atom is 0.330 e. The lowest BCUT2D eigenvalue weighted by atomic mass is 10.0. The fourth-order valence-electron chi connectivity index (χ4n) is 3.71. The van der Waals surface area contributed by atoms with Crippen LogP contribution < -0.4 is 20.9 Å². The molecule has 218 valence electrons. The summed E-state index contributed by atoms with van der Waals surface area (Å²) >= 11 is 5.78. The zero-order chi connectivity index (χ0) is 29.3. The average Bonchev–Trinajstić information content (AvgIpc) is 3.38. The number of halogens is 3. The summed E-state index contributed by atoms with van der Waals surface area (Å²) in [7, 11) is -0.306. The number of hydrogen-bond acceptors (Lipinski definition) is 8. The van der Waals surface area contributed by atoms with Gasteiger partial charge in [-0.3, -0.25) is 14.3 Å². The van der Waals surface area contributed by atoms with Crippen LogP contribution in [0.5, 0.6) is 5.75 Å². The molecule has 40 heavy (non-hydrogen) atoms. The van der Waals surface area contributed by atoms with Crippen molar-refractivity contribution in [2.24, 2.45) is 0 Å². The van der Waals surface area contributed by atoms with Gasteiger partial charge in [-0.1, -0.05) is 48.0 Å². The summed E-state index contributed by atoms with van der Waals surface area (Å²) in [5.74, 6) is 0.457. The summed E-state index contributed by atoms with van der Waals surface area (Å²) in [6.45, 7) is 3.31. The van der Waals surface area contributed by atoms with Crippen LogP contribution in [0.2, 0.25) is 5.02 Å². The highest BCUT2D eigenvalue weighted by molar-refractivity contribution is 7.45. The summed E-state index contributed by atoms with van der Waals surface area (Å²) in [6, 6.07) is 12.8. The Kier molecular flexibility index (Phi) is 11.7. The monoisotopic (exact) mass is 601 g/mol. The van der Waals surface area contributed by atoms with Crippen molar-refractivity contribution in [2.75, 3.05) is 20.3 Å². The number of fused-ring (bicyclic) bond motifs is 1. The third kappa shape index (κ3) is 8.15. The molecule has 0 saturated carbocycles. The van der Waals surface area contributed by atoms with Crippen molar-refractivity contribution in [1.29, 1.82) is 0 Å². The second-order valence-electron chi connectivity index (χ2n) is 9.03. The van der Waals surface area contributed by atoms with Crippen LogP contribution in [0, 0.1) is 0 Å². The van der Waals surface area contributed by atoms with Gasteiger partial charge in [0, 0.05) is 18.7 Å². The van der Waals surface area contributed by atoms with E-state index < -0.39 is 44.6 Å². The quantitative estimate of drug-likeness (QED) is 0.237. The zero-order valence-corrected chi connectivity index (χ0v) is 23.8. The van der Waals surface area contributed by atoms with Crippen molar-refractivity contribution in [3.8, 4) is 5.75 Å². The Morgan fingerprint density at radius 1 is 1.25 bits per heavy atom. The number of carbonyl (C=O) groups excluding carboxylic acids is 1. The fraction of sp³-hybridized carbons (Fsp3) is 0.423. The molecule has 1 fully saturated rings. The highest BCUT2D eigenvalue weighted by Gasteiger charge is 2.49. The normalized spacial score (nSPS) is 19.4. The van der Waals surface area contributed by atoms with E-state index in [0.29, 0.717) is 18.1 Å². The highest BCUT2D eigenvalue weighted by Crippen LogP contribution is 2.45. The Morgan fingerprint density at radius 2 is 1.95 bits per heavy atom. The van der Waals surface area contributed by atoms with Crippen molar-refractivity contribution in [1.82, 2.24) is 14.6 Å². The van der Waals surface area contributed by atoms with Crippen molar-refractivity contribution < 1.29 is 32.1 Å². The Hall–Kier alpha value is -2.73. The molecule has 0 radical (unpaired) electrons. The van der Waals surface area contributed by atoms with Crippen LogP contribution in [0.25, 0.3) is 10.8 Å². The summed E-state index contributed by atoms with van der Waals surface area (Å²) in [5, 5.41) is 4.19. The first-order valence-corrected chi connectivity index (χ1v) is 13.9. The summed E-state index contributed by atoms with van der Waals surface area (Å²) < 4.78 is 51.3. The van der Waals surface area contributed by atoms with Gasteiger partial charge >= 0.3 is 14.2 Å². The third-order valence-corrected chi connectivity index (χ3v) is 7.39. The van der Waals surface area contributed by atoms with Gasteiger partial charge in [-0.25, -0.2) is 18.7 Å². The first-order chi connectivity index (χ1) is 19.1. The SMILES string of the molecule is COC(C)C.O=CCNP(OCC1(C(F)F)CCC(n2cc(Cl)c(=O)[nH]c2=O)O1)Oc1cccc2ccccc12. The zero-order valence-electron chi connectivity index (χ0n) is 22.1. The number of carbonyl (C=O) groups is 1. The minimum atomic E-state index is -2.96. The van der Waals surface area contributed by atoms with Gasteiger partial charge in [0.25, 0.3) is 12.0 Å². The molecule has 10 nitrogen and oxygen atoms in total. The molecule has 2 N–H and O–H groups in total. The second-order valence-corrected chi connectivity index (χ2v) is 10.7. The molecular formula is C26H31ClF2N3O7P. The molecule has 2 aromatic carbocycles. The van der Waals surface area contributed by atoms with Crippen molar-refractivity contribution in [3.05, 3.63) is 74.5 Å².